The molecular formula is C31H26IrN2-2. The van der Waals surface area contributed by atoms with Crippen molar-refractivity contribution in [2.75, 3.05) is 0 Å². The molecule has 1 radical (unpaired) electrons. The maximum Gasteiger partial charge on any atom is 0.0280 e. The molecule has 0 saturated carbocycles. The molecule has 171 valence electrons. The van der Waals surface area contributed by atoms with E-state index >= 15 is 0 Å². The Morgan fingerprint density at radius 3 is 2.06 bits per heavy atom. The molecule has 0 aliphatic carbocycles. The first kappa shape index (κ1) is 21.2. The summed E-state index contributed by atoms with van der Waals surface area (Å²) in [6, 6.07) is 36.3. The molecule has 3 aromatic carbocycles. The number of aromatic nitrogens is 2. The van der Waals surface area contributed by atoms with Crippen LogP contribution in [-0.2, 0) is 20.1 Å². The van der Waals surface area contributed by atoms with Crippen molar-refractivity contribution in [3.05, 3.63) is 132 Å². The zero-order chi connectivity index (χ0) is 25.5. The Morgan fingerprint density at radius 2 is 1.44 bits per heavy atom. The van der Waals surface area contributed by atoms with Crippen LogP contribution in [-0.4, -0.2) is 9.97 Å². The average Bonchev–Trinajstić information content (AvgIpc) is 2.90. The SMILES string of the molecule is Cc1ccc(-c2[c-]cc(-c3ccccc3)cc2)nc1.[2H]C([2H])([2H])c1cnc(-c2[c-]cccc2)cc1C.[Ir]. The molecule has 0 aliphatic rings. The van der Waals surface area contributed by atoms with Crippen LogP contribution in [0, 0.1) is 32.8 Å². The van der Waals surface area contributed by atoms with Crippen LogP contribution in [0.15, 0.2) is 103 Å². The fourth-order valence-corrected chi connectivity index (χ4v) is 3.28. The van der Waals surface area contributed by atoms with Crippen LogP contribution >= 0.6 is 0 Å². The second-order valence-corrected chi connectivity index (χ2v) is 7.74. The Balaban J connectivity index is 0.000000201. The van der Waals surface area contributed by atoms with Crippen molar-refractivity contribution in [3.8, 4) is 33.6 Å². The van der Waals surface area contributed by atoms with E-state index in [4.69, 9.17) is 4.11 Å². The standard InChI is InChI=1S/C18H14N.C13H12N.Ir/c1-14-7-12-18(19-13-14)17-10-8-16(9-11-17)15-5-3-2-4-6-15;1-10-8-13(14-9-11(10)2)12-6-4-3-5-7-12;/h2-10,12-13H,1H3;3-6,8-9H,1-2H3;/q2*-1;/i;2D3;. The van der Waals surface area contributed by atoms with E-state index in [2.05, 4.69) is 52.4 Å². The van der Waals surface area contributed by atoms with Gasteiger partial charge in [0.25, 0.3) is 0 Å². The Morgan fingerprint density at radius 1 is 0.676 bits per heavy atom. The van der Waals surface area contributed by atoms with Crippen LogP contribution < -0.4 is 0 Å². The number of aryl methyl sites for hydroxylation is 3. The molecule has 0 aliphatic heterocycles. The van der Waals surface area contributed by atoms with E-state index in [0.717, 1.165) is 28.1 Å². The summed E-state index contributed by atoms with van der Waals surface area (Å²) in [6.45, 7) is 1.73. The Hall–Kier alpha value is -3.39. The third-order valence-electron chi connectivity index (χ3n) is 5.20. The van der Waals surface area contributed by atoms with Gasteiger partial charge in [-0.1, -0.05) is 65.2 Å². The molecule has 2 aromatic heterocycles. The Bertz CT molecular complexity index is 1400. The molecule has 2 nitrogen and oxygen atoms in total. The van der Waals surface area contributed by atoms with Crippen molar-refractivity contribution < 1.29 is 24.2 Å². The monoisotopic (exact) mass is 622 g/mol. The van der Waals surface area contributed by atoms with E-state index in [1.54, 1.807) is 13.0 Å². The number of hydrogen-bond donors (Lipinski definition) is 0. The molecule has 0 amide bonds. The molecule has 5 rings (SSSR count). The van der Waals surface area contributed by atoms with Crippen LogP contribution in [0.25, 0.3) is 33.6 Å². The molecule has 0 spiro atoms. The summed E-state index contributed by atoms with van der Waals surface area (Å²) < 4.78 is 22.1. The first-order valence-electron chi connectivity index (χ1n) is 12.3. The largest absolute Gasteiger partial charge is 0.304 e. The number of nitrogens with zero attached hydrogens (tertiary/aromatic N) is 2. The summed E-state index contributed by atoms with van der Waals surface area (Å²) in [5.41, 5.74) is 8.20. The van der Waals surface area contributed by atoms with Gasteiger partial charge in [0.2, 0.25) is 0 Å². The summed E-state index contributed by atoms with van der Waals surface area (Å²) in [4.78, 5) is 8.60. The van der Waals surface area contributed by atoms with Crippen molar-refractivity contribution in [2.24, 2.45) is 0 Å². The average molecular weight is 622 g/mol. The molecule has 0 saturated heterocycles. The van der Waals surface area contributed by atoms with E-state index in [9.17, 15) is 0 Å². The van der Waals surface area contributed by atoms with E-state index < -0.39 is 6.85 Å². The van der Waals surface area contributed by atoms with Crippen LogP contribution in [0.1, 0.15) is 20.8 Å². The molecule has 0 unspecified atom stereocenters. The maximum atomic E-state index is 7.37. The van der Waals surface area contributed by atoms with E-state index in [-0.39, 0.29) is 20.1 Å². The molecule has 5 aromatic rings. The summed E-state index contributed by atoms with van der Waals surface area (Å²) in [7, 11) is 0. The quantitative estimate of drug-likeness (QED) is 0.193. The fraction of sp³-hybridized carbons (Fsp3) is 0.0968. The molecule has 34 heavy (non-hydrogen) atoms. The van der Waals surface area contributed by atoms with Crippen LogP contribution in [0.2, 0.25) is 0 Å². The zero-order valence-electron chi connectivity index (χ0n) is 22.0. The van der Waals surface area contributed by atoms with Gasteiger partial charge in [-0.15, -0.1) is 65.7 Å². The second kappa shape index (κ2) is 12.2. The predicted molar refractivity (Wildman–Crippen MR) is 137 cm³/mol. The molecular weight excluding hydrogens is 593 g/mol. The molecule has 0 atom stereocenters. The minimum atomic E-state index is -2.10. The molecule has 3 heteroatoms. The number of hydrogen-bond acceptors (Lipinski definition) is 2. The van der Waals surface area contributed by atoms with E-state index in [1.165, 1.54) is 22.9 Å². The van der Waals surface area contributed by atoms with Gasteiger partial charge < -0.3 is 9.97 Å². The van der Waals surface area contributed by atoms with Gasteiger partial charge in [-0.2, -0.15) is 0 Å². The number of pyridine rings is 2. The number of rotatable bonds is 3. The molecule has 0 N–H and O–H groups in total. The third kappa shape index (κ3) is 6.57. The van der Waals surface area contributed by atoms with Gasteiger partial charge in [0.15, 0.2) is 0 Å². The summed E-state index contributed by atoms with van der Waals surface area (Å²) in [5, 5.41) is 0. The molecule has 2 heterocycles. The van der Waals surface area contributed by atoms with Crippen molar-refractivity contribution in [3.63, 3.8) is 0 Å². The van der Waals surface area contributed by atoms with Crippen molar-refractivity contribution >= 4 is 0 Å². The van der Waals surface area contributed by atoms with Crippen molar-refractivity contribution in [1.29, 1.82) is 0 Å². The first-order valence-corrected chi connectivity index (χ1v) is 10.8. The molecule has 0 bridgehead atoms. The van der Waals surface area contributed by atoms with Gasteiger partial charge in [-0.3, -0.25) is 0 Å². The van der Waals surface area contributed by atoms with Gasteiger partial charge in [0.1, 0.15) is 0 Å². The fourth-order valence-electron chi connectivity index (χ4n) is 3.28. The van der Waals surface area contributed by atoms with E-state index in [1.807, 2.05) is 67.7 Å². The number of benzene rings is 3. The van der Waals surface area contributed by atoms with Gasteiger partial charge in [-0.25, -0.2) is 0 Å². The third-order valence-corrected chi connectivity index (χ3v) is 5.20. The Kier molecular flexibility index (Phi) is 7.58. The smallest absolute Gasteiger partial charge is 0.0280 e. The van der Waals surface area contributed by atoms with Crippen LogP contribution in [0.3, 0.4) is 0 Å². The van der Waals surface area contributed by atoms with Gasteiger partial charge >= 0.3 is 0 Å². The van der Waals surface area contributed by atoms with Crippen molar-refractivity contribution in [1.82, 2.24) is 9.97 Å². The minimum absolute atomic E-state index is 0. The second-order valence-electron chi connectivity index (χ2n) is 7.74. The summed E-state index contributed by atoms with van der Waals surface area (Å²) in [5.74, 6) is 0. The van der Waals surface area contributed by atoms with E-state index in [0.29, 0.717) is 5.56 Å². The minimum Gasteiger partial charge on any atom is -0.304 e. The van der Waals surface area contributed by atoms with Crippen LogP contribution in [0.4, 0.5) is 0 Å². The van der Waals surface area contributed by atoms with Crippen molar-refractivity contribution in [2.45, 2.75) is 20.7 Å². The topological polar surface area (TPSA) is 25.8 Å². The van der Waals surface area contributed by atoms with Gasteiger partial charge in [-0.05, 0) is 43.2 Å². The van der Waals surface area contributed by atoms with Gasteiger partial charge in [0, 0.05) is 36.6 Å². The normalized spacial score (nSPS) is 11.6. The molecule has 0 fully saturated rings. The first-order chi connectivity index (χ1) is 17.3. The Labute approximate surface area is 220 Å². The summed E-state index contributed by atoms with van der Waals surface area (Å²) in [6.07, 6.45) is 3.31. The zero-order valence-corrected chi connectivity index (χ0v) is 21.4. The predicted octanol–water partition coefficient (Wildman–Crippen LogP) is 7.69. The van der Waals surface area contributed by atoms with Gasteiger partial charge in [0.05, 0.1) is 0 Å². The summed E-state index contributed by atoms with van der Waals surface area (Å²) >= 11 is 0. The van der Waals surface area contributed by atoms with Crippen LogP contribution in [0.5, 0.6) is 0 Å². The maximum absolute atomic E-state index is 7.37.